The summed E-state index contributed by atoms with van der Waals surface area (Å²) >= 11 is 7.43. The summed E-state index contributed by atoms with van der Waals surface area (Å²) in [4.78, 5) is 24.1. The van der Waals surface area contributed by atoms with Crippen LogP contribution in [0.4, 0.5) is 11.6 Å². The normalized spacial score (nSPS) is 11.2. The second kappa shape index (κ2) is 10.0. The second-order valence-electron chi connectivity index (χ2n) is 5.99. The SMILES string of the molecule is COc1ccc(N/C(N)=N/c2nc(CSc3ccc(Cl)cc3)cc(=O)[nH]2)c(OC)c1. The molecule has 0 aliphatic heterocycles. The number of nitrogens with zero attached hydrogens (tertiary/aromatic N) is 2. The molecule has 1 heterocycles. The molecule has 0 amide bonds. The van der Waals surface area contributed by atoms with E-state index in [0.29, 0.717) is 33.7 Å². The van der Waals surface area contributed by atoms with Crippen molar-refractivity contribution in [3.05, 3.63) is 69.6 Å². The molecule has 0 saturated heterocycles. The Labute approximate surface area is 182 Å². The highest BCUT2D eigenvalue weighted by molar-refractivity contribution is 7.98. The van der Waals surface area contributed by atoms with Crippen LogP contribution in [0.3, 0.4) is 0 Å². The predicted octanol–water partition coefficient (Wildman–Crippen LogP) is 3.79. The molecule has 8 nitrogen and oxygen atoms in total. The van der Waals surface area contributed by atoms with Crippen LogP contribution in [0.5, 0.6) is 11.5 Å². The van der Waals surface area contributed by atoms with E-state index < -0.39 is 0 Å². The van der Waals surface area contributed by atoms with E-state index in [9.17, 15) is 4.79 Å². The highest BCUT2D eigenvalue weighted by Crippen LogP contribution is 2.29. The number of halogens is 1. The van der Waals surface area contributed by atoms with Gasteiger partial charge in [-0.1, -0.05) is 11.6 Å². The van der Waals surface area contributed by atoms with Crippen molar-refractivity contribution >= 4 is 41.0 Å². The second-order valence-corrected chi connectivity index (χ2v) is 7.48. The van der Waals surface area contributed by atoms with Crippen LogP contribution in [-0.2, 0) is 5.75 Å². The van der Waals surface area contributed by atoms with E-state index in [1.165, 1.54) is 24.9 Å². The third-order valence-electron chi connectivity index (χ3n) is 3.88. The minimum atomic E-state index is -0.315. The van der Waals surface area contributed by atoms with Gasteiger partial charge in [-0.05, 0) is 36.4 Å². The number of H-pyrrole nitrogens is 1. The molecule has 0 radical (unpaired) electrons. The summed E-state index contributed by atoms with van der Waals surface area (Å²) < 4.78 is 10.5. The number of nitrogens with two attached hydrogens (primary N) is 1. The van der Waals surface area contributed by atoms with E-state index in [4.69, 9.17) is 26.8 Å². The number of rotatable bonds is 7. The number of hydrogen-bond donors (Lipinski definition) is 3. The first-order valence-corrected chi connectivity index (χ1v) is 10.1. The highest BCUT2D eigenvalue weighted by atomic mass is 35.5. The number of nitrogens with one attached hydrogen (secondary N) is 2. The van der Waals surface area contributed by atoms with Gasteiger partial charge < -0.3 is 20.5 Å². The fourth-order valence-corrected chi connectivity index (χ4v) is 3.41. The van der Waals surface area contributed by atoms with E-state index in [0.717, 1.165) is 4.90 Å². The molecular weight excluding hydrogens is 426 g/mol. The molecule has 0 fully saturated rings. The molecule has 0 aliphatic carbocycles. The van der Waals surface area contributed by atoms with E-state index in [-0.39, 0.29) is 17.5 Å². The van der Waals surface area contributed by atoms with Crippen molar-refractivity contribution in [2.45, 2.75) is 10.6 Å². The Morgan fingerprint density at radius 3 is 2.67 bits per heavy atom. The van der Waals surface area contributed by atoms with E-state index >= 15 is 0 Å². The highest BCUT2D eigenvalue weighted by Gasteiger charge is 2.08. The molecule has 10 heteroatoms. The van der Waals surface area contributed by atoms with E-state index in [1.54, 1.807) is 25.3 Å². The van der Waals surface area contributed by atoms with Crippen LogP contribution in [0.1, 0.15) is 5.69 Å². The third-order valence-corrected chi connectivity index (χ3v) is 5.18. The Balaban J connectivity index is 1.74. The number of guanidine groups is 1. The number of benzene rings is 2. The minimum Gasteiger partial charge on any atom is -0.497 e. The Morgan fingerprint density at radius 1 is 1.20 bits per heavy atom. The molecular formula is C20H20ClN5O3S. The van der Waals surface area contributed by atoms with Crippen molar-refractivity contribution in [1.82, 2.24) is 9.97 Å². The van der Waals surface area contributed by atoms with Crippen LogP contribution in [0.25, 0.3) is 0 Å². The van der Waals surface area contributed by atoms with Gasteiger partial charge in [-0.3, -0.25) is 9.78 Å². The topological polar surface area (TPSA) is 115 Å². The first-order chi connectivity index (χ1) is 14.5. The number of aliphatic imine (C=N–C) groups is 1. The Morgan fingerprint density at radius 2 is 1.97 bits per heavy atom. The Bertz CT molecular complexity index is 1100. The van der Waals surface area contributed by atoms with Crippen molar-refractivity contribution in [2.75, 3.05) is 19.5 Å². The van der Waals surface area contributed by atoms with Gasteiger partial charge >= 0.3 is 0 Å². The summed E-state index contributed by atoms with van der Waals surface area (Å²) in [5, 5.41) is 3.60. The summed E-state index contributed by atoms with van der Waals surface area (Å²) in [5.41, 5.74) is 6.84. The van der Waals surface area contributed by atoms with Gasteiger partial charge in [0.05, 0.1) is 25.6 Å². The van der Waals surface area contributed by atoms with Crippen LogP contribution in [0.2, 0.25) is 5.02 Å². The van der Waals surface area contributed by atoms with Gasteiger partial charge in [0.15, 0.2) is 0 Å². The van der Waals surface area contributed by atoms with Crippen molar-refractivity contribution in [2.24, 2.45) is 10.7 Å². The molecule has 30 heavy (non-hydrogen) atoms. The minimum absolute atomic E-state index is 0.0455. The fourth-order valence-electron chi connectivity index (χ4n) is 2.49. The molecule has 0 saturated carbocycles. The van der Waals surface area contributed by atoms with Gasteiger partial charge in [-0.15, -0.1) is 11.8 Å². The first-order valence-electron chi connectivity index (χ1n) is 8.78. The van der Waals surface area contributed by atoms with Crippen LogP contribution < -0.4 is 26.1 Å². The molecule has 0 spiro atoms. The lowest BCUT2D eigenvalue weighted by atomic mass is 10.2. The zero-order valence-corrected chi connectivity index (χ0v) is 17.9. The smallest absolute Gasteiger partial charge is 0.252 e. The van der Waals surface area contributed by atoms with Crippen molar-refractivity contribution < 1.29 is 9.47 Å². The fraction of sp³-hybridized carbons (Fsp3) is 0.150. The summed E-state index contributed by atoms with van der Waals surface area (Å²) in [6.45, 7) is 0. The maximum absolute atomic E-state index is 12.0. The predicted molar refractivity (Wildman–Crippen MR) is 120 cm³/mol. The lowest BCUT2D eigenvalue weighted by Crippen LogP contribution is -2.23. The summed E-state index contributed by atoms with van der Waals surface area (Å²) in [7, 11) is 3.10. The van der Waals surface area contributed by atoms with Crippen LogP contribution >= 0.6 is 23.4 Å². The lowest BCUT2D eigenvalue weighted by molar-refractivity contribution is 0.395. The third kappa shape index (κ3) is 5.91. The zero-order valence-electron chi connectivity index (χ0n) is 16.3. The molecule has 0 unspecified atom stereocenters. The van der Waals surface area contributed by atoms with Crippen molar-refractivity contribution in [3.8, 4) is 11.5 Å². The average molecular weight is 446 g/mol. The molecule has 2 aromatic carbocycles. The lowest BCUT2D eigenvalue weighted by Gasteiger charge is -2.11. The van der Waals surface area contributed by atoms with Gasteiger partial charge in [0.25, 0.3) is 5.56 Å². The van der Waals surface area contributed by atoms with Crippen molar-refractivity contribution in [3.63, 3.8) is 0 Å². The maximum Gasteiger partial charge on any atom is 0.252 e. The molecule has 0 aliphatic rings. The number of anilines is 1. The molecule has 0 atom stereocenters. The number of thioether (sulfide) groups is 1. The molecule has 0 bridgehead atoms. The number of hydrogen-bond acceptors (Lipinski definition) is 6. The van der Waals surface area contributed by atoms with Gasteiger partial charge in [0.2, 0.25) is 11.9 Å². The van der Waals surface area contributed by atoms with Crippen LogP contribution in [0.15, 0.2) is 63.2 Å². The average Bonchev–Trinajstić information content (AvgIpc) is 2.73. The molecule has 3 rings (SSSR count). The largest absolute Gasteiger partial charge is 0.497 e. The molecule has 4 N–H and O–H groups in total. The molecule has 1 aromatic heterocycles. The van der Waals surface area contributed by atoms with Gasteiger partial charge in [0.1, 0.15) is 11.5 Å². The standard InChI is InChI=1S/C20H20ClN5O3S/c1-28-14-5-8-16(17(10-14)29-2)24-19(22)26-20-23-13(9-18(27)25-20)11-30-15-6-3-12(21)4-7-15/h3-10H,11H2,1-2H3,(H4,22,23,24,25,26,27). The van der Waals surface area contributed by atoms with E-state index in [1.807, 2.05) is 24.3 Å². The summed E-state index contributed by atoms with van der Waals surface area (Å²) in [6, 6.07) is 14.1. The quantitative estimate of drug-likeness (QED) is 0.288. The number of aromatic amines is 1. The Kier molecular flexibility index (Phi) is 7.21. The maximum atomic E-state index is 12.0. The Hall–Kier alpha value is -3.17. The molecule has 156 valence electrons. The number of methoxy groups -OCH3 is 2. The molecule has 3 aromatic rings. The number of ether oxygens (including phenoxy) is 2. The number of aromatic nitrogens is 2. The summed E-state index contributed by atoms with van der Waals surface area (Å²) in [6.07, 6.45) is 0. The van der Waals surface area contributed by atoms with Crippen LogP contribution in [0, 0.1) is 0 Å². The van der Waals surface area contributed by atoms with Gasteiger partial charge in [0, 0.05) is 27.8 Å². The zero-order chi connectivity index (χ0) is 21.5. The first kappa shape index (κ1) is 21.5. The van der Waals surface area contributed by atoms with Crippen molar-refractivity contribution in [1.29, 1.82) is 0 Å². The van der Waals surface area contributed by atoms with Gasteiger partial charge in [-0.25, -0.2) is 4.98 Å². The van der Waals surface area contributed by atoms with Crippen LogP contribution in [-0.4, -0.2) is 30.1 Å². The summed E-state index contributed by atoms with van der Waals surface area (Å²) in [5.74, 6) is 1.82. The monoisotopic (exact) mass is 445 g/mol. The van der Waals surface area contributed by atoms with E-state index in [2.05, 4.69) is 20.3 Å². The van der Waals surface area contributed by atoms with Gasteiger partial charge in [-0.2, -0.15) is 4.99 Å².